The van der Waals surface area contributed by atoms with Gasteiger partial charge in [-0.1, -0.05) is 42.5 Å². The number of methoxy groups -OCH3 is 1. The summed E-state index contributed by atoms with van der Waals surface area (Å²) in [7, 11) is 1.62. The number of nitrogens with one attached hydrogen (secondary N) is 2. The lowest BCUT2D eigenvalue weighted by atomic mass is 10.2. The van der Waals surface area contributed by atoms with Crippen LogP contribution in [0.3, 0.4) is 0 Å². The van der Waals surface area contributed by atoms with Crippen LogP contribution in [-0.4, -0.2) is 28.5 Å². The molecule has 0 atom stereocenters. The Morgan fingerprint density at radius 3 is 2.34 bits per heavy atom. The first kappa shape index (κ1) is 21.1. The molecule has 162 valence electrons. The van der Waals surface area contributed by atoms with E-state index in [1.807, 2.05) is 71.3 Å². The Hall–Kier alpha value is -4.13. The van der Waals surface area contributed by atoms with Crippen molar-refractivity contribution in [1.82, 2.24) is 20.2 Å². The van der Waals surface area contributed by atoms with Crippen molar-refractivity contribution in [1.29, 1.82) is 0 Å². The van der Waals surface area contributed by atoms with Crippen molar-refractivity contribution in [2.24, 2.45) is 0 Å². The summed E-state index contributed by atoms with van der Waals surface area (Å²) in [6, 6.07) is 24.2. The molecule has 0 fully saturated rings. The molecule has 0 radical (unpaired) electrons. The predicted octanol–water partition coefficient (Wildman–Crippen LogP) is 3.29. The first-order valence-electron chi connectivity index (χ1n) is 10.3. The fourth-order valence-corrected chi connectivity index (χ4v) is 3.43. The molecule has 4 aromatic rings. The third-order valence-electron chi connectivity index (χ3n) is 5.13. The average Bonchev–Trinajstić information content (AvgIpc) is 3.19. The highest BCUT2D eigenvalue weighted by Gasteiger charge is 2.15. The van der Waals surface area contributed by atoms with E-state index in [-0.39, 0.29) is 24.9 Å². The molecule has 0 spiro atoms. The highest BCUT2D eigenvalue weighted by atomic mass is 16.5. The Morgan fingerprint density at radius 1 is 0.875 bits per heavy atom. The molecule has 0 bridgehead atoms. The summed E-state index contributed by atoms with van der Waals surface area (Å²) >= 11 is 0. The average molecular weight is 428 g/mol. The minimum atomic E-state index is -0.187. The number of carbonyl (C=O) groups excluding carboxylic acids is 2. The zero-order chi connectivity index (χ0) is 22.3. The second-order valence-corrected chi connectivity index (χ2v) is 7.28. The zero-order valence-corrected chi connectivity index (χ0v) is 17.7. The highest BCUT2D eigenvalue weighted by Crippen LogP contribution is 2.16. The Balaban J connectivity index is 1.45. The van der Waals surface area contributed by atoms with Gasteiger partial charge in [0.15, 0.2) is 0 Å². The number of imidazole rings is 1. The number of hydrogen-bond acceptors (Lipinski definition) is 4. The van der Waals surface area contributed by atoms with Gasteiger partial charge >= 0.3 is 0 Å². The van der Waals surface area contributed by atoms with E-state index < -0.39 is 0 Å². The lowest BCUT2D eigenvalue weighted by Crippen LogP contribution is -2.29. The van der Waals surface area contributed by atoms with Crippen LogP contribution in [0.15, 0.2) is 78.9 Å². The number of ether oxygens (including phenoxy) is 1. The summed E-state index contributed by atoms with van der Waals surface area (Å²) < 4.78 is 7.00. The highest BCUT2D eigenvalue weighted by molar-refractivity contribution is 5.94. The molecule has 4 rings (SSSR count). The number of benzene rings is 3. The molecule has 0 unspecified atom stereocenters. The number of amides is 2. The van der Waals surface area contributed by atoms with Gasteiger partial charge in [-0.25, -0.2) is 4.98 Å². The van der Waals surface area contributed by atoms with Crippen molar-refractivity contribution in [2.75, 3.05) is 7.11 Å². The van der Waals surface area contributed by atoms with E-state index in [2.05, 4.69) is 15.6 Å². The smallest absolute Gasteiger partial charge is 0.251 e. The van der Waals surface area contributed by atoms with Crippen molar-refractivity contribution in [3.63, 3.8) is 0 Å². The van der Waals surface area contributed by atoms with Crippen LogP contribution in [0.25, 0.3) is 11.0 Å². The zero-order valence-electron chi connectivity index (χ0n) is 17.7. The van der Waals surface area contributed by atoms with Crippen LogP contribution in [0.2, 0.25) is 0 Å². The van der Waals surface area contributed by atoms with Gasteiger partial charge in [-0.05, 0) is 42.0 Å². The second kappa shape index (κ2) is 9.78. The molecular weight excluding hydrogens is 404 g/mol. The standard InChI is InChI=1S/C25H24N4O3/c1-32-20-13-11-18(12-14-20)15-26-24(30)17-29-22-10-6-5-9-21(22)28-23(29)16-27-25(31)19-7-3-2-4-8-19/h2-14H,15-17H2,1H3,(H,26,30)(H,27,31). The number of rotatable bonds is 8. The summed E-state index contributed by atoms with van der Waals surface area (Å²) in [5.41, 5.74) is 3.17. The third kappa shape index (κ3) is 4.95. The quantitative estimate of drug-likeness (QED) is 0.451. The second-order valence-electron chi connectivity index (χ2n) is 7.28. The fraction of sp³-hybridized carbons (Fsp3) is 0.160. The van der Waals surface area contributed by atoms with Gasteiger partial charge in [0, 0.05) is 12.1 Å². The number of carbonyl (C=O) groups is 2. The molecule has 0 saturated carbocycles. The first-order valence-corrected chi connectivity index (χ1v) is 10.3. The largest absolute Gasteiger partial charge is 0.497 e. The van der Waals surface area contributed by atoms with Crippen molar-refractivity contribution < 1.29 is 14.3 Å². The van der Waals surface area contributed by atoms with Crippen molar-refractivity contribution in [3.05, 3.63) is 95.8 Å². The van der Waals surface area contributed by atoms with Crippen LogP contribution in [-0.2, 0) is 24.4 Å². The lowest BCUT2D eigenvalue weighted by Gasteiger charge is -2.11. The fourth-order valence-electron chi connectivity index (χ4n) is 3.43. The molecule has 0 aliphatic heterocycles. The van der Waals surface area contributed by atoms with Gasteiger partial charge in [0.05, 0.1) is 24.7 Å². The number of aromatic nitrogens is 2. The Bertz CT molecular complexity index is 1220. The van der Waals surface area contributed by atoms with Gasteiger partial charge in [-0.2, -0.15) is 0 Å². The molecular formula is C25H24N4O3. The van der Waals surface area contributed by atoms with Gasteiger partial charge in [0.1, 0.15) is 18.1 Å². The van der Waals surface area contributed by atoms with E-state index in [0.29, 0.717) is 17.9 Å². The van der Waals surface area contributed by atoms with Gasteiger partial charge in [0.2, 0.25) is 5.91 Å². The maximum atomic E-state index is 12.7. The first-order chi connectivity index (χ1) is 15.6. The minimum absolute atomic E-state index is 0.104. The predicted molar refractivity (Wildman–Crippen MR) is 122 cm³/mol. The van der Waals surface area contributed by atoms with E-state index in [9.17, 15) is 9.59 Å². The molecule has 0 saturated heterocycles. The summed E-state index contributed by atoms with van der Waals surface area (Å²) in [5, 5.41) is 5.83. The van der Waals surface area contributed by atoms with E-state index in [0.717, 1.165) is 22.3 Å². The topological polar surface area (TPSA) is 85.2 Å². The number of para-hydroxylation sites is 2. The van der Waals surface area contributed by atoms with Crippen molar-refractivity contribution in [3.8, 4) is 5.75 Å². The SMILES string of the molecule is COc1ccc(CNC(=O)Cn2c(CNC(=O)c3ccccc3)nc3ccccc32)cc1. The Labute approximate surface area is 186 Å². The maximum absolute atomic E-state index is 12.7. The Morgan fingerprint density at radius 2 is 1.59 bits per heavy atom. The molecule has 0 aliphatic rings. The van der Waals surface area contributed by atoms with Crippen LogP contribution < -0.4 is 15.4 Å². The maximum Gasteiger partial charge on any atom is 0.251 e. The van der Waals surface area contributed by atoms with Gasteiger partial charge < -0.3 is 19.9 Å². The summed E-state index contributed by atoms with van der Waals surface area (Å²) in [6.07, 6.45) is 0. The van der Waals surface area contributed by atoms with Crippen LogP contribution in [0.5, 0.6) is 5.75 Å². The van der Waals surface area contributed by atoms with Crippen LogP contribution in [0.1, 0.15) is 21.7 Å². The van der Waals surface area contributed by atoms with Crippen molar-refractivity contribution >= 4 is 22.8 Å². The molecule has 32 heavy (non-hydrogen) atoms. The van der Waals surface area contributed by atoms with Crippen LogP contribution in [0.4, 0.5) is 0 Å². The van der Waals surface area contributed by atoms with E-state index in [1.165, 1.54) is 0 Å². The molecule has 1 aromatic heterocycles. The lowest BCUT2D eigenvalue weighted by molar-refractivity contribution is -0.121. The Kier molecular flexibility index (Phi) is 6.46. The molecule has 3 aromatic carbocycles. The van der Waals surface area contributed by atoms with E-state index >= 15 is 0 Å². The summed E-state index contributed by atoms with van der Waals surface area (Å²) in [6.45, 7) is 0.733. The van der Waals surface area contributed by atoms with Crippen molar-refractivity contribution in [2.45, 2.75) is 19.6 Å². The molecule has 7 nitrogen and oxygen atoms in total. The number of fused-ring (bicyclic) bond motifs is 1. The monoisotopic (exact) mass is 428 g/mol. The molecule has 0 aliphatic carbocycles. The van der Waals surface area contributed by atoms with Gasteiger partial charge in [0.25, 0.3) is 5.91 Å². The number of nitrogens with zero attached hydrogens (tertiary/aromatic N) is 2. The molecule has 2 amide bonds. The van der Waals surface area contributed by atoms with E-state index in [1.54, 1.807) is 19.2 Å². The molecule has 7 heteroatoms. The summed E-state index contributed by atoms with van der Waals surface area (Å²) in [5.74, 6) is 1.06. The van der Waals surface area contributed by atoms with Crippen LogP contribution >= 0.6 is 0 Å². The van der Waals surface area contributed by atoms with Gasteiger partial charge in [-0.15, -0.1) is 0 Å². The molecule has 2 N–H and O–H groups in total. The van der Waals surface area contributed by atoms with Crippen LogP contribution in [0, 0.1) is 0 Å². The van der Waals surface area contributed by atoms with E-state index in [4.69, 9.17) is 4.74 Å². The summed E-state index contributed by atoms with van der Waals surface area (Å²) in [4.78, 5) is 29.7. The van der Waals surface area contributed by atoms with Gasteiger partial charge in [-0.3, -0.25) is 9.59 Å². The minimum Gasteiger partial charge on any atom is -0.497 e. The molecule has 1 heterocycles. The number of hydrogen-bond donors (Lipinski definition) is 2. The normalized spacial score (nSPS) is 10.7. The third-order valence-corrected chi connectivity index (χ3v) is 5.13.